The van der Waals surface area contributed by atoms with Crippen molar-refractivity contribution in [2.45, 2.75) is 25.9 Å². The van der Waals surface area contributed by atoms with Gasteiger partial charge in [-0.1, -0.05) is 0 Å². The van der Waals surface area contributed by atoms with Gasteiger partial charge in [0.2, 0.25) is 0 Å². The molecule has 0 aliphatic carbocycles. The SMILES string of the molecule is COCCOc1cc(F)ccc1-c1c(-c2cc3n(n2)CCNC3)cc(N2CCC3(CC2)COC3)c2ccsc12. The van der Waals surface area contributed by atoms with Crippen LogP contribution in [0.2, 0.25) is 0 Å². The number of nitrogens with one attached hydrogen (secondary N) is 1. The first-order valence-electron chi connectivity index (χ1n) is 13.7. The van der Waals surface area contributed by atoms with Gasteiger partial charge in [0.1, 0.15) is 18.2 Å². The van der Waals surface area contributed by atoms with Crippen molar-refractivity contribution in [3.05, 3.63) is 53.3 Å². The zero-order chi connectivity index (χ0) is 26.4. The molecule has 1 spiro atoms. The van der Waals surface area contributed by atoms with E-state index in [1.54, 1.807) is 18.4 Å². The molecule has 0 saturated carbocycles. The summed E-state index contributed by atoms with van der Waals surface area (Å²) in [6.45, 7) is 7.14. The third-order valence-electron chi connectivity index (χ3n) is 8.40. The largest absolute Gasteiger partial charge is 0.490 e. The second kappa shape index (κ2) is 10.2. The van der Waals surface area contributed by atoms with E-state index in [1.165, 1.54) is 33.6 Å². The normalized spacial score (nSPS) is 18.4. The number of piperidine rings is 1. The number of nitrogens with zero attached hydrogens (tertiary/aromatic N) is 3. The predicted octanol–water partition coefficient (Wildman–Crippen LogP) is 5.32. The van der Waals surface area contributed by atoms with E-state index < -0.39 is 0 Å². The molecule has 0 amide bonds. The van der Waals surface area contributed by atoms with Crippen LogP contribution in [0.3, 0.4) is 0 Å². The maximum atomic E-state index is 14.5. The number of halogens is 1. The highest BCUT2D eigenvalue weighted by Crippen LogP contribution is 2.49. The summed E-state index contributed by atoms with van der Waals surface area (Å²) in [6.07, 6.45) is 2.30. The summed E-state index contributed by atoms with van der Waals surface area (Å²) in [5.41, 5.74) is 6.69. The highest BCUT2D eigenvalue weighted by molar-refractivity contribution is 7.18. The zero-order valence-electron chi connectivity index (χ0n) is 22.2. The van der Waals surface area contributed by atoms with Gasteiger partial charge >= 0.3 is 0 Å². The Balaban J connectivity index is 1.40. The van der Waals surface area contributed by atoms with E-state index in [0.717, 1.165) is 81.2 Å². The lowest BCUT2D eigenvalue weighted by Crippen LogP contribution is -2.51. The smallest absolute Gasteiger partial charge is 0.130 e. The number of hydrogen-bond acceptors (Lipinski definition) is 7. The van der Waals surface area contributed by atoms with E-state index in [2.05, 4.69) is 38.5 Å². The number of methoxy groups -OCH3 is 1. The maximum Gasteiger partial charge on any atom is 0.130 e. The van der Waals surface area contributed by atoms with Crippen molar-refractivity contribution in [3.63, 3.8) is 0 Å². The van der Waals surface area contributed by atoms with Crippen molar-refractivity contribution in [1.29, 1.82) is 0 Å². The van der Waals surface area contributed by atoms with Gasteiger partial charge in [0.15, 0.2) is 0 Å². The van der Waals surface area contributed by atoms with Crippen molar-refractivity contribution >= 4 is 27.1 Å². The summed E-state index contributed by atoms with van der Waals surface area (Å²) in [5.74, 6) is 0.198. The molecule has 0 radical (unpaired) electrons. The Kier molecular flexibility index (Phi) is 6.55. The molecule has 0 unspecified atom stereocenters. The minimum Gasteiger partial charge on any atom is -0.490 e. The quantitative estimate of drug-likeness (QED) is 0.316. The molecule has 9 heteroatoms. The Bertz CT molecular complexity index is 1480. The molecule has 2 aromatic carbocycles. The van der Waals surface area contributed by atoms with E-state index in [0.29, 0.717) is 24.4 Å². The van der Waals surface area contributed by atoms with Crippen molar-refractivity contribution in [1.82, 2.24) is 15.1 Å². The number of anilines is 1. The van der Waals surface area contributed by atoms with Gasteiger partial charge in [-0.15, -0.1) is 11.3 Å². The summed E-state index contributed by atoms with van der Waals surface area (Å²) in [4.78, 5) is 2.53. The highest BCUT2D eigenvalue weighted by atomic mass is 32.1. The van der Waals surface area contributed by atoms with Crippen molar-refractivity contribution in [2.75, 3.05) is 58.1 Å². The van der Waals surface area contributed by atoms with Gasteiger partial charge in [0, 0.05) is 77.2 Å². The number of thiophene rings is 1. The number of benzene rings is 2. The lowest BCUT2D eigenvalue weighted by molar-refractivity contribution is -0.124. The van der Waals surface area contributed by atoms with Crippen molar-refractivity contribution in [3.8, 4) is 28.1 Å². The summed E-state index contributed by atoms with van der Waals surface area (Å²) < 4.78 is 34.6. The van der Waals surface area contributed by atoms with Gasteiger partial charge in [-0.05, 0) is 48.6 Å². The number of rotatable bonds is 7. The third-order valence-corrected chi connectivity index (χ3v) is 9.34. The number of aromatic nitrogens is 2. The highest BCUT2D eigenvalue weighted by Gasteiger charge is 2.41. The molecule has 7 nitrogen and oxygen atoms in total. The van der Waals surface area contributed by atoms with E-state index in [9.17, 15) is 4.39 Å². The summed E-state index contributed by atoms with van der Waals surface area (Å²) >= 11 is 1.72. The van der Waals surface area contributed by atoms with Crippen LogP contribution in [-0.4, -0.2) is 63.0 Å². The Morgan fingerprint density at radius 1 is 1.08 bits per heavy atom. The van der Waals surface area contributed by atoms with Crippen LogP contribution in [0, 0.1) is 11.2 Å². The second-order valence-electron chi connectivity index (χ2n) is 10.9. The average molecular weight is 549 g/mol. The van der Waals surface area contributed by atoms with Gasteiger partial charge in [0.25, 0.3) is 0 Å². The van der Waals surface area contributed by atoms with Crippen LogP contribution in [0.15, 0.2) is 41.8 Å². The van der Waals surface area contributed by atoms with Gasteiger partial charge in [-0.2, -0.15) is 5.10 Å². The van der Waals surface area contributed by atoms with E-state index >= 15 is 0 Å². The van der Waals surface area contributed by atoms with Crippen LogP contribution in [0.5, 0.6) is 5.75 Å². The van der Waals surface area contributed by atoms with Gasteiger partial charge in [-0.25, -0.2) is 4.39 Å². The average Bonchev–Trinajstić information content (AvgIpc) is 3.60. The molecule has 3 aliphatic rings. The molecule has 0 bridgehead atoms. The number of fused-ring (bicyclic) bond motifs is 2. The van der Waals surface area contributed by atoms with Gasteiger partial charge in [-0.3, -0.25) is 4.68 Å². The number of hydrogen-bond donors (Lipinski definition) is 1. The van der Waals surface area contributed by atoms with E-state index in [-0.39, 0.29) is 5.82 Å². The van der Waals surface area contributed by atoms with Gasteiger partial charge < -0.3 is 24.4 Å². The molecule has 1 N–H and O–H groups in total. The van der Waals surface area contributed by atoms with E-state index in [4.69, 9.17) is 19.3 Å². The van der Waals surface area contributed by atoms with Crippen LogP contribution in [0.1, 0.15) is 18.5 Å². The van der Waals surface area contributed by atoms with Crippen LogP contribution in [0.4, 0.5) is 10.1 Å². The summed E-state index contributed by atoms with van der Waals surface area (Å²) in [5, 5.41) is 11.9. The van der Waals surface area contributed by atoms with Crippen LogP contribution in [-0.2, 0) is 22.6 Å². The fraction of sp³-hybridized carbons (Fsp3) is 0.433. The molecule has 204 valence electrons. The van der Waals surface area contributed by atoms with Gasteiger partial charge in [0.05, 0.1) is 37.8 Å². The molecule has 3 aliphatic heterocycles. The summed E-state index contributed by atoms with van der Waals surface area (Å²) in [7, 11) is 1.64. The Morgan fingerprint density at radius 2 is 1.95 bits per heavy atom. The molecule has 0 atom stereocenters. The van der Waals surface area contributed by atoms with Crippen LogP contribution in [0.25, 0.3) is 32.5 Å². The molecule has 5 heterocycles. The molecule has 7 rings (SSSR count). The lowest BCUT2D eigenvalue weighted by atomic mass is 9.76. The Hall–Kier alpha value is -2.98. The monoisotopic (exact) mass is 548 g/mol. The molecule has 2 saturated heterocycles. The molecule has 2 fully saturated rings. The predicted molar refractivity (Wildman–Crippen MR) is 152 cm³/mol. The molecule has 2 aromatic heterocycles. The standard InChI is InChI=1S/C30H33FN4O3S/c1-36-11-12-38-27-14-20(31)2-3-23(27)28-24(25-15-21-17-32-7-10-35(21)33-25)16-26(22-4-13-39-29(22)28)34-8-5-30(6-9-34)18-37-19-30/h2-4,13-16,32H,5-12,17-19H2,1H3. The third kappa shape index (κ3) is 4.51. The van der Waals surface area contributed by atoms with Crippen molar-refractivity contribution < 1.29 is 18.6 Å². The molecular weight excluding hydrogens is 515 g/mol. The van der Waals surface area contributed by atoms with E-state index in [1.807, 2.05) is 6.07 Å². The zero-order valence-corrected chi connectivity index (χ0v) is 23.0. The van der Waals surface area contributed by atoms with Crippen LogP contribution >= 0.6 is 11.3 Å². The fourth-order valence-corrected chi connectivity index (χ4v) is 7.10. The molecular formula is C30H33FN4O3S. The van der Waals surface area contributed by atoms with Crippen molar-refractivity contribution in [2.24, 2.45) is 5.41 Å². The second-order valence-corrected chi connectivity index (χ2v) is 11.8. The van der Waals surface area contributed by atoms with Crippen LogP contribution < -0.4 is 15.0 Å². The first kappa shape index (κ1) is 25.0. The number of ether oxygens (including phenoxy) is 3. The minimum absolute atomic E-state index is 0.322. The molecule has 4 aromatic rings. The first-order valence-corrected chi connectivity index (χ1v) is 14.6. The Labute approximate surface area is 231 Å². The maximum absolute atomic E-state index is 14.5. The minimum atomic E-state index is -0.322. The Morgan fingerprint density at radius 3 is 2.72 bits per heavy atom. The molecule has 39 heavy (non-hydrogen) atoms. The fourth-order valence-electron chi connectivity index (χ4n) is 6.13. The summed E-state index contributed by atoms with van der Waals surface area (Å²) in [6, 6.07) is 11.6. The first-order chi connectivity index (χ1) is 19.1. The topological polar surface area (TPSA) is 60.8 Å². The lowest BCUT2D eigenvalue weighted by Gasteiger charge is -2.48.